The van der Waals surface area contributed by atoms with Crippen LogP contribution < -0.4 is 4.74 Å². The predicted molar refractivity (Wildman–Crippen MR) is 88.9 cm³/mol. The van der Waals surface area contributed by atoms with Crippen LogP contribution in [0.15, 0.2) is 36.4 Å². The minimum Gasteiger partial charge on any atom is -0.480 e. The van der Waals surface area contributed by atoms with E-state index in [1.807, 2.05) is 0 Å². The lowest BCUT2D eigenvalue weighted by Crippen LogP contribution is -2.47. The molecule has 0 saturated carbocycles. The van der Waals surface area contributed by atoms with E-state index in [1.165, 1.54) is 31.2 Å². The minimum absolute atomic E-state index is 0.120. The largest absolute Gasteiger partial charge is 0.480 e. The second kappa shape index (κ2) is 9.33. The topological polar surface area (TPSA) is 141 Å². The Labute approximate surface area is 149 Å². The Morgan fingerprint density at radius 1 is 1.04 bits per heavy atom. The molecule has 1 atom stereocenters. The van der Waals surface area contributed by atoms with E-state index in [-0.39, 0.29) is 17.7 Å². The molecule has 0 aliphatic heterocycles. The highest BCUT2D eigenvalue weighted by atomic mass is 16.5. The van der Waals surface area contributed by atoms with Crippen LogP contribution in [-0.4, -0.2) is 63.2 Å². The molecule has 0 heterocycles. The number of aliphatic carboxylic acids is 3. The van der Waals surface area contributed by atoms with Gasteiger partial charge in [0.15, 0.2) is 0 Å². The zero-order valence-corrected chi connectivity index (χ0v) is 14.0. The Morgan fingerprint density at radius 3 is 1.92 bits per heavy atom. The number of carbonyl (C=O) groups is 4. The molecule has 1 aromatic carbocycles. The number of hydrogen-bond donors (Lipinski definition) is 3. The summed E-state index contributed by atoms with van der Waals surface area (Å²) in [4.78, 5) is 45.6. The van der Waals surface area contributed by atoms with Gasteiger partial charge in [0.05, 0.1) is 13.1 Å². The Hall–Kier alpha value is -3.20. The Balaban J connectivity index is 2.93. The third kappa shape index (κ3) is 6.73. The number of carboxylic acids is 3. The van der Waals surface area contributed by atoms with Gasteiger partial charge in [-0.1, -0.05) is 18.7 Å². The van der Waals surface area contributed by atoms with Gasteiger partial charge in [-0.15, -0.1) is 0 Å². The first-order valence-corrected chi connectivity index (χ1v) is 7.47. The molecule has 1 unspecified atom stereocenters. The first-order valence-electron chi connectivity index (χ1n) is 7.47. The molecule has 0 aromatic heterocycles. The Morgan fingerprint density at radius 2 is 1.54 bits per heavy atom. The second-order valence-electron chi connectivity index (χ2n) is 5.56. The normalized spacial score (nSPS) is 11.6. The van der Waals surface area contributed by atoms with Gasteiger partial charge >= 0.3 is 23.9 Å². The molecular formula is C17H19NO8. The molecule has 0 radical (unpaired) electrons. The molecule has 1 aromatic rings. The molecule has 3 N–H and O–H groups in total. The second-order valence-corrected chi connectivity index (χ2v) is 5.56. The van der Waals surface area contributed by atoms with Crippen molar-refractivity contribution in [2.24, 2.45) is 0 Å². The molecule has 0 aliphatic carbocycles. The average molecular weight is 365 g/mol. The van der Waals surface area contributed by atoms with E-state index in [0.29, 0.717) is 5.56 Å². The number of rotatable bonds is 10. The summed E-state index contributed by atoms with van der Waals surface area (Å²) in [6.07, 6.45) is -0.120. The van der Waals surface area contributed by atoms with Gasteiger partial charge in [-0.05, 0) is 31.0 Å². The van der Waals surface area contributed by atoms with Crippen molar-refractivity contribution in [3.8, 4) is 5.75 Å². The maximum Gasteiger partial charge on any atom is 0.338 e. The number of ether oxygens (including phenoxy) is 1. The number of esters is 1. The third-order valence-corrected chi connectivity index (χ3v) is 3.31. The van der Waals surface area contributed by atoms with Gasteiger partial charge in [-0.2, -0.15) is 0 Å². The van der Waals surface area contributed by atoms with Crippen LogP contribution in [0.25, 0.3) is 0 Å². The van der Waals surface area contributed by atoms with Crippen LogP contribution in [0.1, 0.15) is 12.5 Å². The molecule has 0 spiro atoms. The standard InChI is InChI=1S/C17H19NO8/c1-10(2)17(25)26-12-5-3-11(4-6-12)7-13(16(23)24)18(8-14(19)20)9-15(21)22/h3-6,13H,1,7-9H2,2H3,(H,19,20)(H,21,22)(H,23,24). The van der Waals surface area contributed by atoms with Crippen LogP contribution in [-0.2, 0) is 25.6 Å². The van der Waals surface area contributed by atoms with Crippen molar-refractivity contribution in [2.45, 2.75) is 19.4 Å². The predicted octanol–water partition coefficient (Wildman–Crippen LogP) is 0.635. The van der Waals surface area contributed by atoms with E-state index in [9.17, 15) is 24.3 Å². The van der Waals surface area contributed by atoms with Crippen molar-refractivity contribution in [1.82, 2.24) is 4.90 Å². The number of carboxylic acid groups (broad SMARTS) is 3. The zero-order chi connectivity index (χ0) is 19.9. The van der Waals surface area contributed by atoms with Crippen molar-refractivity contribution in [3.05, 3.63) is 42.0 Å². The van der Waals surface area contributed by atoms with Crippen molar-refractivity contribution in [2.75, 3.05) is 13.1 Å². The lowest BCUT2D eigenvalue weighted by molar-refractivity contribution is -0.149. The highest BCUT2D eigenvalue weighted by Crippen LogP contribution is 2.16. The summed E-state index contributed by atoms with van der Waals surface area (Å²) in [5, 5.41) is 27.1. The molecule has 140 valence electrons. The van der Waals surface area contributed by atoms with Gasteiger partial charge in [0.2, 0.25) is 0 Å². The van der Waals surface area contributed by atoms with Gasteiger partial charge in [0.25, 0.3) is 0 Å². The van der Waals surface area contributed by atoms with Crippen molar-refractivity contribution >= 4 is 23.9 Å². The Kier molecular flexibility index (Phi) is 7.48. The fraction of sp³-hybridized carbons (Fsp3) is 0.294. The van der Waals surface area contributed by atoms with Crippen LogP contribution in [0.5, 0.6) is 5.75 Å². The maximum absolute atomic E-state index is 11.5. The van der Waals surface area contributed by atoms with Gasteiger partial charge in [-0.3, -0.25) is 19.3 Å². The number of hydrogen-bond acceptors (Lipinski definition) is 6. The van der Waals surface area contributed by atoms with Crippen LogP contribution in [0.3, 0.4) is 0 Å². The lowest BCUT2D eigenvalue weighted by Gasteiger charge is -2.25. The maximum atomic E-state index is 11.5. The summed E-state index contributed by atoms with van der Waals surface area (Å²) in [5.74, 6) is -4.37. The van der Waals surface area contributed by atoms with E-state index in [2.05, 4.69) is 6.58 Å². The molecule has 0 bridgehead atoms. The van der Waals surface area contributed by atoms with Gasteiger partial charge in [0, 0.05) is 5.57 Å². The number of carbonyl (C=O) groups excluding carboxylic acids is 1. The van der Waals surface area contributed by atoms with E-state index >= 15 is 0 Å². The monoisotopic (exact) mass is 365 g/mol. The molecule has 0 saturated heterocycles. The summed E-state index contributed by atoms with van der Waals surface area (Å²) >= 11 is 0. The van der Waals surface area contributed by atoms with Gasteiger partial charge < -0.3 is 20.1 Å². The van der Waals surface area contributed by atoms with Crippen molar-refractivity contribution < 1.29 is 39.2 Å². The van der Waals surface area contributed by atoms with Crippen molar-refractivity contribution in [3.63, 3.8) is 0 Å². The summed E-state index contributed by atoms with van der Waals surface area (Å²) in [7, 11) is 0. The average Bonchev–Trinajstić information content (AvgIpc) is 2.52. The van der Waals surface area contributed by atoms with Crippen LogP contribution in [0.4, 0.5) is 0 Å². The third-order valence-electron chi connectivity index (χ3n) is 3.31. The molecule has 0 fully saturated rings. The summed E-state index contributed by atoms with van der Waals surface area (Å²) in [6.45, 7) is 3.50. The zero-order valence-electron chi connectivity index (χ0n) is 14.0. The molecule has 1 rings (SSSR count). The highest BCUT2D eigenvalue weighted by Gasteiger charge is 2.29. The molecular weight excluding hydrogens is 346 g/mol. The summed E-state index contributed by atoms with van der Waals surface area (Å²) in [6, 6.07) is 4.58. The molecule has 0 aliphatic rings. The summed E-state index contributed by atoms with van der Waals surface area (Å²) in [5.41, 5.74) is 0.728. The SMILES string of the molecule is C=C(C)C(=O)Oc1ccc(CC(C(=O)O)N(CC(=O)O)CC(=O)O)cc1. The van der Waals surface area contributed by atoms with E-state index in [0.717, 1.165) is 4.90 Å². The van der Waals surface area contributed by atoms with Crippen molar-refractivity contribution in [1.29, 1.82) is 0 Å². The minimum atomic E-state index is -1.34. The number of nitrogens with zero attached hydrogens (tertiary/aromatic N) is 1. The summed E-state index contributed by atoms with van der Waals surface area (Å²) < 4.78 is 5.02. The fourth-order valence-corrected chi connectivity index (χ4v) is 2.11. The van der Waals surface area contributed by atoms with E-state index < -0.39 is 43.0 Å². The number of benzene rings is 1. The molecule has 9 nitrogen and oxygen atoms in total. The molecule has 0 amide bonds. The Bertz CT molecular complexity index is 694. The van der Waals surface area contributed by atoms with Crippen LogP contribution in [0, 0.1) is 0 Å². The fourth-order valence-electron chi connectivity index (χ4n) is 2.11. The van der Waals surface area contributed by atoms with Gasteiger partial charge in [0.1, 0.15) is 11.8 Å². The van der Waals surface area contributed by atoms with E-state index in [4.69, 9.17) is 14.9 Å². The molecule has 26 heavy (non-hydrogen) atoms. The lowest BCUT2D eigenvalue weighted by atomic mass is 10.0. The first kappa shape index (κ1) is 20.8. The smallest absolute Gasteiger partial charge is 0.338 e. The van der Waals surface area contributed by atoms with Crippen LogP contribution >= 0.6 is 0 Å². The van der Waals surface area contributed by atoms with Crippen LogP contribution in [0.2, 0.25) is 0 Å². The first-order chi connectivity index (χ1) is 12.1. The quantitative estimate of drug-likeness (QED) is 0.309. The molecule has 9 heteroatoms. The van der Waals surface area contributed by atoms with E-state index in [1.54, 1.807) is 0 Å². The van der Waals surface area contributed by atoms with Gasteiger partial charge in [-0.25, -0.2) is 4.79 Å². The highest BCUT2D eigenvalue weighted by molar-refractivity contribution is 5.88.